The van der Waals surface area contributed by atoms with Gasteiger partial charge < -0.3 is 0 Å². The fraction of sp³-hybridized carbons (Fsp3) is 1.00. The molecule has 0 nitrogen and oxygen atoms in total. The lowest BCUT2D eigenvalue weighted by molar-refractivity contribution is -0.0699. The van der Waals surface area contributed by atoms with E-state index in [2.05, 4.69) is 0 Å². The van der Waals surface area contributed by atoms with Crippen LogP contribution in [0.5, 0.6) is 0 Å². The molecule has 0 radical (unpaired) electrons. The van der Waals surface area contributed by atoms with Crippen molar-refractivity contribution in [2.75, 3.05) is 0 Å². The van der Waals surface area contributed by atoms with Crippen LogP contribution in [0.25, 0.3) is 0 Å². The predicted molar refractivity (Wildman–Crippen MR) is 60.2 cm³/mol. The lowest BCUT2D eigenvalue weighted by atomic mass is 9.49. The average Bonchev–Trinajstić information content (AvgIpc) is 2.51. The van der Waals surface area contributed by atoms with Gasteiger partial charge in [0.15, 0.2) is 0 Å². The normalized spacial score (nSPS) is 68.8. The van der Waals surface area contributed by atoms with Crippen molar-refractivity contribution in [3.05, 3.63) is 0 Å². The number of rotatable bonds is 0. The van der Waals surface area contributed by atoms with E-state index in [4.69, 9.17) is 0 Å². The van der Waals surface area contributed by atoms with E-state index in [0.717, 1.165) is 0 Å². The Bertz CT molecular complexity index is 269. The standard InChI is InChI=1S/C15H22/c1-8-3-13-11-2-9-4-12(10(1)7-11)14(5-8)15(13)6-9/h8-15H,1-7H2. The highest BCUT2D eigenvalue weighted by Crippen LogP contribution is 2.67. The Kier molecular flexibility index (Phi) is 1.34. The van der Waals surface area contributed by atoms with Crippen molar-refractivity contribution in [3.63, 3.8) is 0 Å². The summed E-state index contributed by atoms with van der Waals surface area (Å²) in [5, 5.41) is 0. The molecule has 0 aromatic carbocycles. The second-order valence-electron chi connectivity index (χ2n) is 7.56. The minimum Gasteiger partial charge on any atom is -0.0473 e. The minimum absolute atomic E-state index is 1.18. The molecule has 0 aromatic rings. The zero-order valence-electron chi connectivity index (χ0n) is 9.57. The van der Waals surface area contributed by atoms with Crippen LogP contribution in [0.15, 0.2) is 0 Å². The third-order valence-corrected chi connectivity index (χ3v) is 7.16. The van der Waals surface area contributed by atoms with Gasteiger partial charge in [-0.15, -0.1) is 0 Å². The summed E-state index contributed by atoms with van der Waals surface area (Å²) in [6.07, 6.45) is 11.6. The third kappa shape index (κ3) is 0.875. The van der Waals surface area contributed by atoms with E-state index in [-0.39, 0.29) is 0 Å². The van der Waals surface area contributed by atoms with Gasteiger partial charge in [-0.2, -0.15) is 0 Å². The molecule has 15 heavy (non-hydrogen) atoms. The second-order valence-corrected chi connectivity index (χ2v) is 7.56. The van der Waals surface area contributed by atoms with E-state index in [1.54, 1.807) is 44.9 Å². The Hall–Kier alpha value is 0. The van der Waals surface area contributed by atoms with Crippen LogP contribution in [0.4, 0.5) is 0 Å². The van der Waals surface area contributed by atoms with E-state index >= 15 is 0 Å². The first kappa shape index (κ1) is 8.14. The summed E-state index contributed by atoms with van der Waals surface area (Å²) in [7, 11) is 0. The molecular formula is C15H22. The summed E-state index contributed by atoms with van der Waals surface area (Å²) in [6.45, 7) is 0. The molecule has 7 fully saturated rings. The molecule has 0 aliphatic heterocycles. The van der Waals surface area contributed by atoms with Crippen LogP contribution < -0.4 is 0 Å². The van der Waals surface area contributed by atoms with Gasteiger partial charge in [-0.3, -0.25) is 0 Å². The van der Waals surface area contributed by atoms with Crippen LogP contribution in [-0.2, 0) is 0 Å². The molecule has 8 unspecified atom stereocenters. The minimum atomic E-state index is 1.18. The molecule has 0 N–H and O–H groups in total. The van der Waals surface area contributed by atoms with Crippen LogP contribution in [0.1, 0.15) is 44.9 Å². The topological polar surface area (TPSA) is 0 Å². The molecule has 8 bridgehead atoms. The van der Waals surface area contributed by atoms with Crippen molar-refractivity contribution < 1.29 is 0 Å². The quantitative estimate of drug-likeness (QED) is 0.561. The predicted octanol–water partition coefficient (Wildman–Crippen LogP) is 3.71. The van der Waals surface area contributed by atoms with Crippen molar-refractivity contribution in [3.8, 4) is 0 Å². The maximum Gasteiger partial charge on any atom is -0.0349 e. The van der Waals surface area contributed by atoms with Crippen molar-refractivity contribution in [2.45, 2.75) is 44.9 Å². The Morgan fingerprint density at radius 2 is 0.867 bits per heavy atom. The molecule has 0 heterocycles. The fourth-order valence-corrected chi connectivity index (χ4v) is 7.02. The molecular weight excluding hydrogens is 180 g/mol. The Morgan fingerprint density at radius 3 is 1.40 bits per heavy atom. The van der Waals surface area contributed by atoms with E-state index in [1.165, 1.54) is 47.3 Å². The van der Waals surface area contributed by atoms with Gasteiger partial charge in [0.25, 0.3) is 0 Å². The van der Waals surface area contributed by atoms with E-state index < -0.39 is 0 Å². The van der Waals surface area contributed by atoms with Crippen LogP contribution in [-0.4, -0.2) is 0 Å². The zero-order chi connectivity index (χ0) is 9.57. The van der Waals surface area contributed by atoms with Gasteiger partial charge >= 0.3 is 0 Å². The Balaban J connectivity index is 1.71. The van der Waals surface area contributed by atoms with Crippen LogP contribution >= 0.6 is 0 Å². The van der Waals surface area contributed by atoms with Crippen molar-refractivity contribution >= 4 is 0 Å². The molecule has 7 saturated carbocycles. The fourth-order valence-electron chi connectivity index (χ4n) is 7.02. The van der Waals surface area contributed by atoms with Gasteiger partial charge in [0.2, 0.25) is 0 Å². The lowest BCUT2D eigenvalue weighted by Gasteiger charge is -2.56. The summed E-state index contributed by atoms with van der Waals surface area (Å²) in [5.41, 5.74) is 0. The summed E-state index contributed by atoms with van der Waals surface area (Å²) in [6, 6.07) is 0. The van der Waals surface area contributed by atoms with Gasteiger partial charge in [-0.1, -0.05) is 0 Å². The zero-order valence-corrected chi connectivity index (χ0v) is 9.57. The SMILES string of the molecule is C1C2CC3C4CC5CC(C1C4)C(C2)C3C5. The van der Waals surface area contributed by atoms with E-state index in [0.29, 0.717) is 0 Å². The Morgan fingerprint density at radius 1 is 0.400 bits per heavy atom. The average molecular weight is 202 g/mol. The first-order valence-corrected chi connectivity index (χ1v) is 7.38. The van der Waals surface area contributed by atoms with E-state index in [1.807, 2.05) is 0 Å². The summed E-state index contributed by atoms with van der Waals surface area (Å²) >= 11 is 0. The summed E-state index contributed by atoms with van der Waals surface area (Å²) < 4.78 is 0. The van der Waals surface area contributed by atoms with Crippen LogP contribution in [0, 0.1) is 47.3 Å². The first-order chi connectivity index (χ1) is 7.38. The van der Waals surface area contributed by atoms with E-state index in [9.17, 15) is 0 Å². The summed E-state index contributed by atoms with van der Waals surface area (Å²) in [4.78, 5) is 0. The maximum atomic E-state index is 1.66. The van der Waals surface area contributed by atoms with Gasteiger partial charge in [0.1, 0.15) is 0 Å². The van der Waals surface area contributed by atoms with Crippen molar-refractivity contribution in [1.29, 1.82) is 0 Å². The monoisotopic (exact) mass is 202 g/mol. The Labute approximate surface area is 92.8 Å². The van der Waals surface area contributed by atoms with Gasteiger partial charge in [-0.05, 0) is 92.3 Å². The van der Waals surface area contributed by atoms with Crippen molar-refractivity contribution in [1.82, 2.24) is 0 Å². The molecule has 0 aromatic heterocycles. The molecule has 0 heteroatoms. The number of hydrogen-bond acceptors (Lipinski definition) is 0. The highest BCUT2D eigenvalue weighted by atomic mass is 14.6. The molecule has 7 aliphatic rings. The summed E-state index contributed by atoms with van der Waals surface area (Å²) in [5.74, 6) is 9.59. The second kappa shape index (κ2) is 2.46. The smallest absolute Gasteiger partial charge is 0.0349 e. The molecule has 0 spiro atoms. The van der Waals surface area contributed by atoms with Crippen molar-refractivity contribution in [2.24, 2.45) is 47.3 Å². The van der Waals surface area contributed by atoms with Crippen LogP contribution in [0.3, 0.4) is 0 Å². The molecule has 8 atom stereocenters. The van der Waals surface area contributed by atoms with Gasteiger partial charge in [0.05, 0.1) is 0 Å². The van der Waals surface area contributed by atoms with Gasteiger partial charge in [-0.25, -0.2) is 0 Å². The van der Waals surface area contributed by atoms with Crippen LogP contribution in [0.2, 0.25) is 0 Å². The molecule has 7 aliphatic carbocycles. The third-order valence-electron chi connectivity index (χ3n) is 7.16. The molecule has 0 saturated heterocycles. The highest BCUT2D eigenvalue weighted by Gasteiger charge is 2.58. The molecule has 7 rings (SSSR count). The van der Waals surface area contributed by atoms with Gasteiger partial charge in [0, 0.05) is 0 Å². The highest BCUT2D eigenvalue weighted by molar-refractivity contribution is 5.08. The maximum absolute atomic E-state index is 1.66. The molecule has 0 amide bonds. The largest absolute Gasteiger partial charge is 0.0473 e. The lowest BCUT2D eigenvalue weighted by Crippen LogP contribution is -2.48. The first-order valence-electron chi connectivity index (χ1n) is 7.38. The molecule has 82 valence electrons. The number of hydrogen-bond donors (Lipinski definition) is 0.